The molecule has 2 amide bonds. The Labute approximate surface area is 135 Å². The highest BCUT2D eigenvalue weighted by molar-refractivity contribution is 6.30. The van der Waals surface area contributed by atoms with E-state index in [0.29, 0.717) is 11.6 Å². The zero-order valence-electron chi connectivity index (χ0n) is 12.6. The van der Waals surface area contributed by atoms with Crippen molar-refractivity contribution >= 4 is 23.3 Å². The molecule has 22 heavy (non-hydrogen) atoms. The third-order valence-corrected chi connectivity index (χ3v) is 3.10. The zero-order valence-corrected chi connectivity index (χ0v) is 13.4. The summed E-state index contributed by atoms with van der Waals surface area (Å²) in [5.74, 6) is 0.741. The molecule has 0 aliphatic carbocycles. The Hall–Kier alpha value is -2.20. The lowest BCUT2D eigenvalue weighted by Gasteiger charge is -2.11. The van der Waals surface area contributed by atoms with Gasteiger partial charge in [0.15, 0.2) is 0 Å². The highest BCUT2D eigenvalue weighted by atomic mass is 35.5. The lowest BCUT2D eigenvalue weighted by molar-refractivity contribution is 0.250. The molecule has 0 radical (unpaired) electrons. The van der Waals surface area contributed by atoms with E-state index in [1.165, 1.54) is 0 Å². The van der Waals surface area contributed by atoms with Gasteiger partial charge in [0.2, 0.25) is 0 Å². The van der Waals surface area contributed by atoms with Crippen LogP contribution in [0.1, 0.15) is 19.4 Å². The first-order chi connectivity index (χ1) is 10.5. The van der Waals surface area contributed by atoms with Gasteiger partial charge in [0, 0.05) is 16.8 Å². The fourth-order valence-electron chi connectivity index (χ4n) is 1.81. The second-order valence-corrected chi connectivity index (χ2v) is 5.63. The van der Waals surface area contributed by atoms with E-state index in [0.717, 1.165) is 17.0 Å². The maximum Gasteiger partial charge on any atom is 0.319 e. The molecule has 0 atom stereocenters. The second-order valence-electron chi connectivity index (χ2n) is 5.19. The number of rotatable bonds is 5. The van der Waals surface area contributed by atoms with Crippen molar-refractivity contribution in [1.29, 1.82) is 0 Å². The topological polar surface area (TPSA) is 50.4 Å². The Kier molecular flexibility index (Phi) is 5.67. The van der Waals surface area contributed by atoms with Gasteiger partial charge >= 0.3 is 6.03 Å². The van der Waals surface area contributed by atoms with Crippen LogP contribution in [0.5, 0.6) is 5.75 Å². The summed E-state index contributed by atoms with van der Waals surface area (Å²) in [6, 6.07) is 14.6. The van der Waals surface area contributed by atoms with Crippen LogP contribution in [0.15, 0.2) is 48.5 Å². The summed E-state index contributed by atoms with van der Waals surface area (Å²) < 4.78 is 5.69. The minimum absolute atomic E-state index is 0.0991. The van der Waals surface area contributed by atoms with Crippen molar-refractivity contribution < 1.29 is 9.53 Å². The number of carbonyl (C=O) groups is 1. The van der Waals surface area contributed by atoms with Crippen molar-refractivity contribution in [2.45, 2.75) is 26.5 Å². The van der Waals surface area contributed by atoms with Crippen molar-refractivity contribution in [2.75, 3.05) is 5.32 Å². The van der Waals surface area contributed by atoms with E-state index in [4.69, 9.17) is 16.3 Å². The fourth-order valence-corrected chi connectivity index (χ4v) is 1.94. The molecule has 0 spiro atoms. The molecule has 2 rings (SSSR count). The normalized spacial score (nSPS) is 10.4. The van der Waals surface area contributed by atoms with Crippen LogP contribution in [0, 0.1) is 0 Å². The van der Waals surface area contributed by atoms with E-state index < -0.39 is 0 Å². The summed E-state index contributed by atoms with van der Waals surface area (Å²) in [7, 11) is 0. The molecule has 0 saturated carbocycles. The van der Waals surface area contributed by atoms with Gasteiger partial charge in [0.25, 0.3) is 0 Å². The second kappa shape index (κ2) is 7.71. The van der Waals surface area contributed by atoms with Gasteiger partial charge in [-0.3, -0.25) is 0 Å². The number of nitrogens with one attached hydrogen (secondary N) is 2. The standard InChI is InChI=1S/C17H19ClN2O2/c1-12(2)19-17(21)20-15-7-9-16(10-8-15)22-11-13-3-5-14(18)6-4-13/h3-10,12H,11H2,1-2H3,(H2,19,20,21). The average Bonchev–Trinajstić information content (AvgIpc) is 2.47. The van der Waals surface area contributed by atoms with E-state index in [-0.39, 0.29) is 12.1 Å². The van der Waals surface area contributed by atoms with Crippen molar-refractivity contribution in [2.24, 2.45) is 0 Å². The van der Waals surface area contributed by atoms with Gasteiger partial charge in [-0.1, -0.05) is 23.7 Å². The Morgan fingerprint density at radius 3 is 2.32 bits per heavy atom. The minimum atomic E-state index is -0.218. The smallest absolute Gasteiger partial charge is 0.319 e. The molecule has 0 heterocycles. The van der Waals surface area contributed by atoms with Crippen molar-refractivity contribution in [1.82, 2.24) is 5.32 Å². The van der Waals surface area contributed by atoms with Gasteiger partial charge in [-0.25, -0.2) is 4.79 Å². The van der Waals surface area contributed by atoms with Crippen LogP contribution in [0.4, 0.5) is 10.5 Å². The molecule has 116 valence electrons. The maximum atomic E-state index is 11.6. The van der Waals surface area contributed by atoms with Crippen LogP contribution < -0.4 is 15.4 Å². The summed E-state index contributed by atoms with van der Waals surface area (Å²) >= 11 is 5.84. The third kappa shape index (κ3) is 5.30. The Morgan fingerprint density at radius 1 is 1.09 bits per heavy atom. The van der Waals surface area contributed by atoms with Gasteiger partial charge in [-0.05, 0) is 55.8 Å². The largest absolute Gasteiger partial charge is 0.489 e. The summed E-state index contributed by atoms with van der Waals surface area (Å²) in [4.78, 5) is 11.6. The van der Waals surface area contributed by atoms with Crippen LogP contribution in [0.2, 0.25) is 5.02 Å². The van der Waals surface area contributed by atoms with Crippen LogP contribution in [-0.4, -0.2) is 12.1 Å². The lowest BCUT2D eigenvalue weighted by atomic mass is 10.2. The molecule has 2 aromatic carbocycles. The molecule has 0 bridgehead atoms. The van der Waals surface area contributed by atoms with Crippen LogP contribution >= 0.6 is 11.6 Å². The van der Waals surface area contributed by atoms with Crippen molar-refractivity contribution in [3.05, 3.63) is 59.1 Å². The molecular weight excluding hydrogens is 300 g/mol. The van der Waals surface area contributed by atoms with Crippen LogP contribution in [0.25, 0.3) is 0 Å². The first-order valence-corrected chi connectivity index (χ1v) is 7.45. The quantitative estimate of drug-likeness (QED) is 0.855. The van der Waals surface area contributed by atoms with Gasteiger partial charge in [-0.2, -0.15) is 0 Å². The van der Waals surface area contributed by atoms with Gasteiger partial charge in [0.05, 0.1) is 0 Å². The number of hydrogen-bond acceptors (Lipinski definition) is 2. The number of anilines is 1. The number of ether oxygens (including phenoxy) is 1. The maximum absolute atomic E-state index is 11.6. The molecule has 0 aliphatic rings. The van der Waals surface area contributed by atoms with Crippen molar-refractivity contribution in [3.63, 3.8) is 0 Å². The van der Waals surface area contributed by atoms with Gasteiger partial charge in [0.1, 0.15) is 12.4 Å². The first kappa shape index (κ1) is 16.2. The molecular formula is C17H19ClN2O2. The molecule has 4 nitrogen and oxygen atoms in total. The van der Waals surface area contributed by atoms with Gasteiger partial charge in [-0.15, -0.1) is 0 Å². The SMILES string of the molecule is CC(C)NC(=O)Nc1ccc(OCc2ccc(Cl)cc2)cc1. The Balaban J connectivity index is 1.86. The molecule has 2 N–H and O–H groups in total. The third-order valence-electron chi connectivity index (χ3n) is 2.85. The lowest BCUT2D eigenvalue weighted by Crippen LogP contribution is -2.34. The summed E-state index contributed by atoms with van der Waals surface area (Å²) in [6.45, 7) is 4.29. The number of amides is 2. The summed E-state index contributed by atoms with van der Waals surface area (Å²) in [5.41, 5.74) is 1.76. The van der Waals surface area contributed by atoms with Gasteiger partial charge < -0.3 is 15.4 Å². The van der Waals surface area contributed by atoms with Crippen LogP contribution in [0.3, 0.4) is 0 Å². The van der Waals surface area contributed by atoms with E-state index in [1.807, 2.05) is 50.2 Å². The number of carbonyl (C=O) groups excluding carboxylic acids is 1. The molecule has 0 fully saturated rings. The predicted molar refractivity (Wildman–Crippen MR) is 89.5 cm³/mol. The molecule has 0 aromatic heterocycles. The van der Waals surface area contributed by atoms with E-state index in [2.05, 4.69) is 10.6 Å². The molecule has 0 unspecified atom stereocenters. The predicted octanol–water partition coefficient (Wildman–Crippen LogP) is 4.45. The molecule has 0 aliphatic heterocycles. The van der Waals surface area contributed by atoms with E-state index in [9.17, 15) is 4.79 Å². The van der Waals surface area contributed by atoms with Crippen LogP contribution in [-0.2, 0) is 6.61 Å². The highest BCUT2D eigenvalue weighted by Crippen LogP contribution is 2.17. The number of urea groups is 1. The number of benzene rings is 2. The summed E-state index contributed by atoms with van der Waals surface area (Å²) in [5, 5.41) is 6.23. The average molecular weight is 319 g/mol. The molecule has 5 heteroatoms. The van der Waals surface area contributed by atoms with E-state index in [1.54, 1.807) is 12.1 Å². The van der Waals surface area contributed by atoms with E-state index >= 15 is 0 Å². The fraction of sp³-hybridized carbons (Fsp3) is 0.235. The first-order valence-electron chi connectivity index (χ1n) is 7.08. The van der Waals surface area contributed by atoms with Crippen molar-refractivity contribution in [3.8, 4) is 5.75 Å². The zero-order chi connectivity index (χ0) is 15.9. The Morgan fingerprint density at radius 2 is 1.73 bits per heavy atom. The number of hydrogen-bond donors (Lipinski definition) is 2. The Bertz CT molecular complexity index is 610. The highest BCUT2D eigenvalue weighted by Gasteiger charge is 2.03. The monoisotopic (exact) mass is 318 g/mol. The summed E-state index contributed by atoms with van der Waals surface area (Å²) in [6.07, 6.45) is 0. The molecule has 0 saturated heterocycles. The molecule has 2 aromatic rings. The number of halogens is 1. The minimum Gasteiger partial charge on any atom is -0.489 e.